The topological polar surface area (TPSA) is 52.8 Å². The van der Waals surface area contributed by atoms with Crippen molar-refractivity contribution in [2.45, 2.75) is 27.3 Å². The maximum Gasteiger partial charge on any atom is 0.226 e. The van der Waals surface area contributed by atoms with Crippen molar-refractivity contribution in [1.82, 2.24) is 9.97 Å². The summed E-state index contributed by atoms with van der Waals surface area (Å²) in [5, 5.41) is 9.15. The Morgan fingerprint density at radius 3 is 2.22 bits per heavy atom. The number of benzene rings is 2. The van der Waals surface area contributed by atoms with E-state index in [4.69, 9.17) is 5.26 Å². The van der Waals surface area contributed by atoms with Gasteiger partial charge in [-0.05, 0) is 28.2 Å². The van der Waals surface area contributed by atoms with Crippen molar-refractivity contribution in [3.8, 4) is 17.2 Å². The van der Waals surface area contributed by atoms with Crippen LogP contribution in [0.1, 0.15) is 32.0 Å². The van der Waals surface area contributed by atoms with Gasteiger partial charge in [0.25, 0.3) is 0 Å². The molecule has 136 valence electrons. The molecule has 0 aliphatic rings. The van der Waals surface area contributed by atoms with Crippen molar-refractivity contribution in [3.63, 3.8) is 0 Å². The van der Waals surface area contributed by atoms with Crippen LogP contribution in [0, 0.1) is 16.7 Å². The molecule has 0 spiro atoms. The van der Waals surface area contributed by atoms with Crippen molar-refractivity contribution in [2.24, 2.45) is 5.41 Å². The molecule has 0 bridgehead atoms. The predicted octanol–water partition coefficient (Wildman–Crippen LogP) is 5.07. The molecule has 0 unspecified atom stereocenters. The van der Waals surface area contributed by atoms with Gasteiger partial charge in [0.1, 0.15) is 11.8 Å². The molecular formula is C23H24N4. The van der Waals surface area contributed by atoms with Crippen LogP contribution >= 0.6 is 0 Å². The van der Waals surface area contributed by atoms with Crippen molar-refractivity contribution >= 4 is 5.95 Å². The molecule has 4 heteroatoms. The third-order valence-electron chi connectivity index (χ3n) is 4.14. The first-order valence-electron chi connectivity index (χ1n) is 9.07. The molecule has 0 saturated heterocycles. The third-order valence-corrected chi connectivity index (χ3v) is 4.14. The molecule has 3 rings (SSSR count). The van der Waals surface area contributed by atoms with Gasteiger partial charge in [-0.1, -0.05) is 75.4 Å². The average Bonchev–Trinajstić information content (AvgIpc) is 2.68. The molecule has 0 N–H and O–H groups in total. The number of rotatable bonds is 5. The summed E-state index contributed by atoms with van der Waals surface area (Å²) in [6, 6.07) is 22.7. The molecule has 1 aromatic heterocycles. The highest BCUT2D eigenvalue weighted by molar-refractivity contribution is 5.63. The SMILES string of the molecule is CC(C)(C)CN(Cc1ccc(-c2ccccc2)cc1)c1nccc(C#N)n1. The van der Waals surface area contributed by atoms with Crippen LogP contribution in [0.25, 0.3) is 11.1 Å². The summed E-state index contributed by atoms with van der Waals surface area (Å²) in [6.07, 6.45) is 1.65. The van der Waals surface area contributed by atoms with E-state index in [2.05, 4.69) is 78.1 Å². The zero-order chi connectivity index (χ0) is 19.3. The Morgan fingerprint density at radius 1 is 0.926 bits per heavy atom. The molecule has 2 aromatic carbocycles. The monoisotopic (exact) mass is 356 g/mol. The van der Waals surface area contributed by atoms with E-state index in [0.29, 0.717) is 18.2 Å². The summed E-state index contributed by atoms with van der Waals surface area (Å²) < 4.78 is 0. The molecule has 0 saturated carbocycles. The van der Waals surface area contributed by atoms with E-state index >= 15 is 0 Å². The average molecular weight is 356 g/mol. The fourth-order valence-corrected chi connectivity index (χ4v) is 2.99. The number of hydrogen-bond donors (Lipinski definition) is 0. The van der Waals surface area contributed by atoms with Gasteiger partial charge in [0.15, 0.2) is 0 Å². The van der Waals surface area contributed by atoms with Gasteiger partial charge >= 0.3 is 0 Å². The van der Waals surface area contributed by atoms with Gasteiger partial charge in [0, 0.05) is 19.3 Å². The first-order chi connectivity index (χ1) is 12.9. The van der Waals surface area contributed by atoms with Gasteiger partial charge in [-0.2, -0.15) is 5.26 Å². The molecule has 3 aromatic rings. The Bertz CT molecular complexity index is 919. The molecular weight excluding hydrogens is 332 g/mol. The summed E-state index contributed by atoms with van der Waals surface area (Å²) in [6.45, 7) is 8.05. The van der Waals surface area contributed by atoms with E-state index < -0.39 is 0 Å². The Morgan fingerprint density at radius 2 is 1.59 bits per heavy atom. The lowest BCUT2D eigenvalue weighted by Gasteiger charge is -2.30. The number of aromatic nitrogens is 2. The molecule has 0 atom stereocenters. The second-order valence-electron chi connectivity index (χ2n) is 7.83. The summed E-state index contributed by atoms with van der Waals surface area (Å²) in [5.74, 6) is 0.594. The fourth-order valence-electron chi connectivity index (χ4n) is 2.99. The molecule has 1 heterocycles. The lowest BCUT2D eigenvalue weighted by Crippen LogP contribution is -2.33. The Labute approximate surface area is 161 Å². The van der Waals surface area contributed by atoms with Crippen molar-refractivity contribution in [2.75, 3.05) is 11.4 Å². The van der Waals surface area contributed by atoms with Gasteiger partial charge in [0.2, 0.25) is 5.95 Å². The van der Waals surface area contributed by atoms with Crippen LogP contribution in [0.4, 0.5) is 5.95 Å². The van der Waals surface area contributed by atoms with Gasteiger partial charge < -0.3 is 4.90 Å². The zero-order valence-electron chi connectivity index (χ0n) is 16.1. The molecule has 4 nitrogen and oxygen atoms in total. The number of hydrogen-bond acceptors (Lipinski definition) is 4. The molecule has 0 aliphatic heterocycles. The van der Waals surface area contributed by atoms with Crippen LogP contribution in [-0.4, -0.2) is 16.5 Å². The second-order valence-corrected chi connectivity index (χ2v) is 7.83. The van der Waals surface area contributed by atoms with Crippen molar-refractivity contribution < 1.29 is 0 Å². The summed E-state index contributed by atoms with van der Waals surface area (Å²) in [7, 11) is 0. The predicted molar refractivity (Wildman–Crippen MR) is 109 cm³/mol. The second kappa shape index (κ2) is 8.01. The molecule has 0 radical (unpaired) electrons. The maximum absolute atomic E-state index is 9.15. The highest BCUT2D eigenvalue weighted by atomic mass is 15.2. The largest absolute Gasteiger partial charge is 0.336 e. The standard InChI is InChI=1S/C23H24N4/c1-23(2,3)17-27(22-25-14-13-21(15-24)26-22)16-18-9-11-20(12-10-18)19-7-5-4-6-8-19/h4-14H,16-17H2,1-3H3. The summed E-state index contributed by atoms with van der Waals surface area (Å²) >= 11 is 0. The minimum atomic E-state index is 0.0794. The highest BCUT2D eigenvalue weighted by Gasteiger charge is 2.19. The van der Waals surface area contributed by atoms with Crippen LogP contribution < -0.4 is 4.90 Å². The van der Waals surface area contributed by atoms with E-state index in [1.165, 1.54) is 16.7 Å². The Kier molecular flexibility index (Phi) is 5.52. The summed E-state index contributed by atoms with van der Waals surface area (Å²) in [4.78, 5) is 10.9. The first-order valence-corrected chi connectivity index (χ1v) is 9.07. The zero-order valence-corrected chi connectivity index (χ0v) is 16.1. The van der Waals surface area contributed by atoms with Crippen LogP contribution in [0.2, 0.25) is 0 Å². The van der Waals surface area contributed by atoms with E-state index in [1.54, 1.807) is 12.3 Å². The summed E-state index contributed by atoms with van der Waals surface area (Å²) in [5.41, 5.74) is 4.06. The van der Waals surface area contributed by atoms with Crippen molar-refractivity contribution in [1.29, 1.82) is 5.26 Å². The van der Waals surface area contributed by atoms with E-state index in [9.17, 15) is 0 Å². The molecule has 0 aliphatic carbocycles. The lowest BCUT2D eigenvalue weighted by atomic mass is 9.96. The highest BCUT2D eigenvalue weighted by Crippen LogP contribution is 2.23. The molecule has 0 fully saturated rings. The quantitative estimate of drug-likeness (QED) is 0.640. The van der Waals surface area contributed by atoms with E-state index in [-0.39, 0.29) is 5.41 Å². The number of nitriles is 1. The fraction of sp³-hybridized carbons (Fsp3) is 0.261. The van der Waals surface area contributed by atoms with Crippen LogP contribution in [0.15, 0.2) is 66.9 Å². The lowest BCUT2D eigenvalue weighted by molar-refractivity contribution is 0.406. The minimum absolute atomic E-state index is 0.0794. The van der Waals surface area contributed by atoms with Gasteiger partial charge in [-0.15, -0.1) is 0 Å². The normalized spacial score (nSPS) is 11.0. The van der Waals surface area contributed by atoms with Gasteiger partial charge in [-0.25, -0.2) is 9.97 Å². The first kappa shape index (κ1) is 18.6. The van der Waals surface area contributed by atoms with Crippen LogP contribution in [0.3, 0.4) is 0 Å². The Hall–Kier alpha value is -3.19. The van der Waals surface area contributed by atoms with Gasteiger partial charge in [-0.3, -0.25) is 0 Å². The third kappa shape index (κ3) is 5.15. The molecule has 0 amide bonds. The van der Waals surface area contributed by atoms with E-state index in [1.807, 2.05) is 18.2 Å². The van der Waals surface area contributed by atoms with Crippen LogP contribution in [0.5, 0.6) is 0 Å². The molecule has 27 heavy (non-hydrogen) atoms. The van der Waals surface area contributed by atoms with E-state index in [0.717, 1.165) is 6.54 Å². The number of nitrogens with zero attached hydrogens (tertiary/aromatic N) is 4. The Balaban J connectivity index is 1.84. The van der Waals surface area contributed by atoms with Crippen molar-refractivity contribution in [3.05, 3.63) is 78.1 Å². The number of anilines is 1. The smallest absolute Gasteiger partial charge is 0.226 e. The minimum Gasteiger partial charge on any atom is -0.336 e. The maximum atomic E-state index is 9.15. The van der Waals surface area contributed by atoms with Crippen LogP contribution in [-0.2, 0) is 6.54 Å². The van der Waals surface area contributed by atoms with Gasteiger partial charge in [0.05, 0.1) is 0 Å².